The molecule has 1 aromatic heterocycles. The van der Waals surface area contributed by atoms with Crippen LogP contribution in [0.4, 0.5) is 5.82 Å². The Hall–Kier alpha value is -0.990. The molecule has 0 amide bonds. The van der Waals surface area contributed by atoms with Gasteiger partial charge in [-0.3, -0.25) is 0 Å². The monoisotopic (exact) mass is 110 g/mol. The molecule has 44 valence electrons. The Labute approximate surface area is 48.3 Å². The second-order valence-corrected chi connectivity index (χ2v) is 1.78. The Morgan fingerprint density at radius 1 is 1.62 bits per heavy atom. The summed E-state index contributed by atoms with van der Waals surface area (Å²) in [5.41, 5.74) is 0. The maximum atomic E-state index is 3.79. The zero-order chi connectivity index (χ0) is 5.98. The van der Waals surface area contributed by atoms with E-state index >= 15 is 0 Å². The summed E-state index contributed by atoms with van der Waals surface area (Å²) >= 11 is 0. The van der Waals surface area contributed by atoms with Gasteiger partial charge < -0.3 is 15.1 Å². The topological polar surface area (TPSA) is 30.2 Å². The predicted octanol–water partition coefficient (Wildman–Crippen LogP) is 0.105. The van der Waals surface area contributed by atoms with E-state index in [9.17, 15) is 0 Å². The van der Waals surface area contributed by atoms with Crippen molar-refractivity contribution in [2.45, 2.75) is 0 Å². The molecule has 0 N–H and O–H groups in total. The average molecular weight is 110 g/mol. The molecule has 0 atom stereocenters. The van der Waals surface area contributed by atoms with Gasteiger partial charge in [0, 0.05) is 14.1 Å². The van der Waals surface area contributed by atoms with Crippen molar-refractivity contribution in [2.24, 2.45) is 0 Å². The van der Waals surface area contributed by atoms with Crippen LogP contribution >= 0.6 is 0 Å². The number of hydrogen-bond acceptors (Lipinski definition) is 2. The Morgan fingerprint density at radius 3 is 2.62 bits per heavy atom. The van der Waals surface area contributed by atoms with Crippen molar-refractivity contribution < 1.29 is 0 Å². The molecule has 0 aliphatic carbocycles. The molecule has 1 rings (SSSR count). The molecule has 0 bridgehead atoms. The fourth-order valence-electron chi connectivity index (χ4n) is 0.464. The van der Waals surface area contributed by atoms with E-state index in [2.05, 4.69) is 10.2 Å². The Morgan fingerprint density at radius 2 is 2.38 bits per heavy atom. The second-order valence-electron chi connectivity index (χ2n) is 1.78. The summed E-state index contributed by atoms with van der Waals surface area (Å²) in [7, 11) is 3.87. The molecular weight excluding hydrogens is 102 g/mol. The fourth-order valence-corrected chi connectivity index (χ4v) is 0.464. The highest BCUT2D eigenvalue weighted by Gasteiger charge is 1.85. The van der Waals surface area contributed by atoms with E-state index in [0.29, 0.717) is 0 Å². The minimum absolute atomic E-state index is 0.907. The van der Waals surface area contributed by atoms with Gasteiger partial charge in [0.1, 0.15) is 5.82 Å². The minimum Gasteiger partial charge on any atom is -0.580 e. The number of rotatable bonds is 1. The summed E-state index contributed by atoms with van der Waals surface area (Å²) in [6.07, 6.45) is 1.68. The van der Waals surface area contributed by atoms with Crippen LogP contribution in [0.2, 0.25) is 0 Å². The molecule has 3 nitrogen and oxygen atoms in total. The van der Waals surface area contributed by atoms with E-state index in [-0.39, 0.29) is 0 Å². The van der Waals surface area contributed by atoms with Gasteiger partial charge in [-0.15, -0.1) is 0 Å². The molecule has 0 spiro atoms. The zero-order valence-corrected chi connectivity index (χ0v) is 5.00. The molecule has 3 heteroatoms. The standard InChI is InChI=1S/C5H8N3/c1-8(2)5-3-4-6-7-5/h3-4H,1-2H3/q-1. The van der Waals surface area contributed by atoms with Gasteiger partial charge in [-0.2, -0.15) is 6.20 Å². The van der Waals surface area contributed by atoms with Gasteiger partial charge in [-0.1, -0.05) is 0 Å². The number of hydrogen-bond donors (Lipinski definition) is 0. The highest BCUT2D eigenvalue weighted by molar-refractivity contribution is 5.33. The highest BCUT2D eigenvalue weighted by atomic mass is 15.2. The first-order valence-electron chi connectivity index (χ1n) is 2.42. The molecule has 0 saturated carbocycles. The van der Waals surface area contributed by atoms with Gasteiger partial charge in [0.2, 0.25) is 0 Å². The first kappa shape index (κ1) is 5.15. The summed E-state index contributed by atoms with van der Waals surface area (Å²) in [6, 6.07) is 1.86. The number of aromatic nitrogens is 2. The Bertz CT molecular complexity index is 143. The molecule has 1 aromatic rings. The van der Waals surface area contributed by atoms with E-state index in [1.54, 1.807) is 6.20 Å². The van der Waals surface area contributed by atoms with E-state index in [1.807, 2.05) is 25.1 Å². The lowest BCUT2D eigenvalue weighted by atomic mass is 10.6. The van der Waals surface area contributed by atoms with E-state index in [4.69, 9.17) is 0 Å². The first-order chi connectivity index (χ1) is 3.80. The summed E-state index contributed by atoms with van der Waals surface area (Å²) in [4.78, 5) is 1.91. The molecule has 0 fully saturated rings. The van der Waals surface area contributed by atoms with Crippen LogP contribution in [0.3, 0.4) is 0 Å². The van der Waals surface area contributed by atoms with Crippen LogP contribution in [0.1, 0.15) is 0 Å². The smallest absolute Gasteiger partial charge is 0.106 e. The molecular formula is C5H8N3-. The summed E-state index contributed by atoms with van der Waals surface area (Å²) < 4.78 is 0. The van der Waals surface area contributed by atoms with Crippen molar-refractivity contribution in [1.29, 1.82) is 0 Å². The Kier molecular flexibility index (Phi) is 1.20. The maximum absolute atomic E-state index is 3.79. The molecule has 0 aliphatic rings. The Balaban J connectivity index is 2.77. The third-order valence-electron chi connectivity index (χ3n) is 0.909. The quantitative estimate of drug-likeness (QED) is 0.513. The van der Waals surface area contributed by atoms with Crippen LogP contribution in [-0.4, -0.2) is 19.2 Å². The SMILES string of the molecule is CN(C)c1cc[n-]n1. The molecule has 0 aromatic carbocycles. The lowest BCUT2D eigenvalue weighted by Crippen LogP contribution is -2.08. The van der Waals surface area contributed by atoms with Gasteiger partial charge in [0.05, 0.1) is 0 Å². The predicted molar refractivity (Wildman–Crippen MR) is 31.9 cm³/mol. The van der Waals surface area contributed by atoms with Crippen molar-refractivity contribution in [2.75, 3.05) is 19.0 Å². The number of anilines is 1. The minimum atomic E-state index is 0.907. The summed E-state index contributed by atoms with van der Waals surface area (Å²) in [5, 5.41) is 7.44. The molecule has 0 aliphatic heterocycles. The van der Waals surface area contributed by atoms with Crippen molar-refractivity contribution in [3.8, 4) is 0 Å². The third kappa shape index (κ3) is 0.804. The van der Waals surface area contributed by atoms with E-state index in [0.717, 1.165) is 5.82 Å². The van der Waals surface area contributed by atoms with Gasteiger partial charge in [0.15, 0.2) is 0 Å². The van der Waals surface area contributed by atoms with Crippen LogP contribution in [0.5, 0.6) is 0 Å². The number of nitrogens with zero attached hydrogens (tertiary/aromatic N) is 3. The fraction of sp³-hybridized carbons (Fsp3) is 0.400. The van der Waals surface area contributed by atoms with E-state index < -0.39 is 0 Å². The summed E-state index contributed by atoms with van der Waals surface area (Å²) in [5.74, 6) is 0.907. The second kappa shape index (κ2) is 1.86. The van der Waals surface area contributed by atoms with Crippen LogP contribution in [-0.2, 0) is 0 Å². The third-order valence-corrected chi connectivity index (χ3v) is 0.909. The lowest BCUT2D eigenvalue weighted by molar-refractivity contribution is 0.996. The lowest BCUT2D eigenvalue weighted by Gasteiger charge is -2.07. The molecule has 0 radical (unpaired) electrons. The van der Waals surface area contributed by atoms with Crippen LogP contribution < -0.4 is 10.00 Å². The van der Waals surface area contributed by atoms with E-state index in [1.165, 1.54) is 0 Å². The molecule has 0 saturated heterocycles. The molecule has 1 heterocycles. The van der Waals surface area contributed by atoms with Gasteiger partial charge in [-0.05, 0) is 6.07 Å². The van der Waals surface area contributed by atoms with Crippen molar-refractivity contribution in [3.63, 3.8) is 0 Å². The van der Waals surface area contributed by atoms with Crippen LogP contribution in [0, 0.1) is 0 Å². The molecule has 8 heavy (non-hydrogen) atoms. The van der Waals surface area contributed by atoms with Gasteiger partial charge in [0.25, 0.3) is 0 Å². The average Bonchev–Trinajstić information content (AvgIpc) is 2.12. The first-order valence-corrected chi connectivity index (χ1v) is 2.42. The zero-order valence-electron chi connectivity index (χ0n) is 5.00. The van der Waals surface area contributed by atoms with Crippen molar-refractivity contribution in [3.05, 3.63) is 12.3 Å². The summed E-state index contributed by atoms with van der Waals surface area (Å²) in [6.45, 7) is 0. The molecule has 0 unspecified atom stereocenters. The maximum Gasteiger partial charge on any atom is 0.106 e. The van der Waals surface area contributed by atoms with Crippen LogP contribution in [0.15, 0.2) is 12.3 Å². The largest absolute Gasteiger partial charge is 0.580 e. The highest BCUT2D eigenvalue weighted by Crippen LogP contribution is 2.00. The van der Waals surface area contributed by atoms with Crippen molar-refractivity contribution >= 4 is 5.82 Å². The normalized spacial score (nSPS) is 9.25. The van der Waals surface area contributed by atoms with Crippen molar-refractivity contribution in [1.82, 2.24) is 10.2 Å². The van der Waals surface area contributed by atoms with Gasteiger partial charge in [-0.25, -0.2) is 0 Å². The van der Waals surface area contributed by atoms with Crippen LogP contribution in [0.25, 0.3) is 0 Å². The van der Waals surface area contributed by atoms with Gasteiger partial charge >= 0.3 is 0 Å².